The number of benzene rings is 1. The highest BCUT2D eigenvalue weighted by molar-refractivity contribution is 5.91. The minimum atomic E-state index is -1.02. The molecule has 138 valence electrons. The fourth-order valence-corrected chi connectivity index (χ4v) is 2.84. The summed E-state index contributed by atoms with van der Waals surface area (Å²) in [5.74, 6) is -0.696. The number of piperazine rings is 1. The van der Waals surface area contributed by atoms with Crippen LogP contribution in [-0.4, -0.2) is 60.5 Å². The van der Waals surface area contributed by atoms with E-state index in [1.807, 2.05) is 27.7 Å². The van der Waals surface area contributed by atoms with Crippen molar-refractivity contribution in [1.29, 1.82) is 0 Å². The first kappa shape index (κ1) is 18.9. The van der Waals surface area contributed by atoms with Crippen molar-refractivity contribution in [2.45, 2.75) is 39.3 Å². The Balaban J connectivity index is 2.10. The normalized spacial score (nSPS) is 18.0. The Morgan fingerprint density at radius 3 is 2.44 bits per heavy atom. The van der Waals surface area contributed by atoms with Crippen molar-refractivity contribution < 1.29 is 24.2 Å². The van der Waals surface area contributed by atoms with Crippen molar-refractivity contribution in [3.8, 4) is 5.75 Å². The maximum atomic E-state index is 12.3. The molecule has 1 atom stereocenters. The number of nitrogens with zero attached hydrogens (tertiary/aromatic N) is 2. The first-order valence-electron chi connectivity index (χ1n) is 8.28. The van der Waals surface area contributed by atoms with Gasteiger partial charge in [0.05, 0.1) is 7.11 Å². The number of carbonyl (C=O) groups excluding carboxylic acids is 1. The largest absolute Gasteiger partial charge is 0.496 e. The molecule has 1 aromatic carbocycles. The Hall–Kier alpha value is -2.44. The van der Waals surface area contributed by atoms with Crippen molar-refractivity contribution in [2.75, 3.05) is 31.6 Å². The predicted molar refractivity (Wildman–Crippen MR) is 94.6 cm³/mol. The van der Waals surface area contributed by atoms with Crippen LogP contribution in [0.25, 0.3) is 0 Å². The number of hydrogen-bond acceptors (Lipinski definition) is 5. The Labute approximate surface area is 148 Å². The lowest BCUT2D eigenvalue weighted by Gasteiger charge is -2.41. The molecule has 25 heavy (non-hydrogen) atoms. The summed E-state index contributed by atoms with van der Waals surface area (Å²) in [5.41, 5.74) is 0.484. The van der Waals surface area contributed by atoms with Gasteiger partial charge in [-0.25, -0.2) is 9.59 Å². The van der Waals surface area contributed by atoms with Gasteiger partial charge in [0.1, 0.15) is 16.9 Å². The van der Waals surface area contributed by atoms with E-state index < -0.39 is 11.6 Å². The van der Waals surface area contributed by atoms with Crippen LogP contribution in [0, 0.1) is 0 Å². The zero-order valence-electron chi connectivity index (χ0n) is 15.4. The van der Waals surface area contributed by atoms with Gasteiger partial charge in [-0.05, 0) is 39.8 Å². The van der Waals surface area contributed by atoms with Gasteiger partial charge in [-0.15, -0.1) is 0 Å². The summed E-state index contributed by atoms with van der Waals surface area (Å²) in [6, 6.07) is 5.01. The lowest BCUT2D eigenvalue weighted by molar-refractivity contribution is 0.0158. The molecule has 0 aromatic heterocycles. The topological polar surface area (TPSA) is 79.3 Å². The lowest BCUT2D eigenvalue weighted by atomic mass is 10.1. The van der Waals surface area contributed by atoms with Crippen molar-refractivity contribution in [2.24, 2.45) is 0 Å². The fourth-order valence-electron chi connectivity index (χ4n) is 2.84. The van der Waals surface area contributed by atoms with E-state index >= 15 is 0 Å². The number of amides is 1. The molecule has 1 saturated heterocycles. The molecule has 0 aliphatic carbocycles. The van der Waals surface area contributed by atoms with E-state index in [0.29, 0.717) is 25.4 Å². The lowest BCUT2D eigenvalue weighted by Crippen LogP contribution is -2.55. The van der Waals surface area contributed by atoms with Gasteiger partial charge in [-0.1, -0.05) is 0 Å². The van der Waals surface area contributed by atoms with Gasteiger partial charge in [-0.3, -0.25) is 0 Å². The van der Waals surface area contributed by atoms with Gasteiger partial charge in [-0.2, -0.15) is 0 Å². The molecule has 1 N–H and O–H groups in total. The third-order valence-corrected chi connectivity index (χ3v) is 4.04. The monoisotopic (exact) mass is 350 g/mol. The second-order valence-corrected chi connectivity index (χ2v) is 7.16. The third-order valence-electron chi connectivity index (χ3n) is 4.04. The maximum absolute atomic E-state index is 12.3. The van der Waals surface area contributed by atoms with Crippen LogP contribution in [0.1, 0.15) is 38.1 Å². The van der Waals surface area contributed by atoms with Crippen molar-refractivity contribution >= 4 is 17.7 Å². The predicted octanol–water partition coefficient (Wildman–Crippen LogP) is 2.84. The van der Waals surface area contributed by atoms with E-state index in [0.717, 1.165) is 5.69 Å². The van der Waals surface area contributed by atoms with Crippen molar-refractivity contribution in [1.82, 2.24) is 4.90 Å². The number of carbonyl (C=O) groups is 2. The van der Waals surface area contributed by atoms with Gasteiger partial charge in [0, 0.05) is 37.4 Å². The summed E-state index contributed by atoms with van der Waals surface area (Å²) in [7, 11) is 1.45. The van der Waals surface area contributed by atoms with Crippen LogP contribution in [0.4, 0.5) is 10.5 Å². The van der Waals surface area contributed by atoms with E-state index in [1.165, 1.54) is 7.11 Å². The second kappa shape index (κ2) is 7.21. The van der Waals surface area contributed by atoms with Gasteiger partial charge >= 0.3 is 12.1 Å². The van der Waals surface area contributed by atoms with E-state index in [9.17, 15) is 14.7 Å². The Morgan fingerprint density at radius 2 is 1.92 bits per heavy atom. The molecular weight excluding hydrogens is 324 g/mol. The van der Waals surface area contributed by atoms with Crippen LogP contribution in [0.5, 0.6) is 5.75 Å². The summed E-state index contributed by atoms with van der Waals surface area (Å²) in [6.45, 7) is 9.33. The van der Waals surface area contributed by atoms with Crippen LogP contribution in [0.2, 0.25) is 0 Å². The summed E-state index contributed by atoms with van der Waals surface area (Å²) in [6.07, 6.45) is -0.307. The zero-order valence-corrected chi connectivity index (χ0v) is 15.4. The van der Waals surface area contributed by atoms with Gasteiger partial charge in [0.15, 0.2) is 0 Å². The Kier molecular flexibility index (Phi) is 5.45. The molecule has 0 unspecified atom stereocenters. The number of methoxy groups -OCH3 is 1. The summed E-state index contributed by atoms with van der Waals surface area (Å²) in [4.78, 5) is 27.3. The SMILES string of the molecule is COc1cc(N2CCN(C(=O)OC(C)(C)C)[C@H](C)C2)ccc1C(=O)O. The molecule has 0 radical (unpaired) electrons. The van der Waals surface area contributed by atoms with Crippen LogP contribution in [-0.2, 0) is 4.74 Å². The summed E-state index contributed by atoms with van der Waals surface area (Å²) < 4.78 is 10.6. The highest BCUT2D eigenvalue weighted by Crippen LogP contribution is 2.28. The molecule has 1 heterocycles. The second-order valence-electron chi connectivity index (χ2n) is 7.16. The molecular formula is C18H26N2O5. The fraction of sp³-hybridized carbons (Fsp3) is 0.556. The Morgan fingerprint density at radius 1 is 1.24 bits per heavy atom. The number of rotatable bonds is 3. The van der Waals surface area contributed by atoms with Crippen molar-refractivity contribution in [3.05, 3.63) is 23.8 Å². The summed E-state index contributed by atoms with van der Waals surface area (Å²) in [5, 5.41) is 9.18. The first-order chi connectivity index (χ1) is 11.6. The molecule has 0 saturated carbocycles. The van der Waals surface area contributed by atoms with Crippen LogP contribution in [0.3, 0.4) is 0 Å². The molecule has 1 aliphatic heterocycles. The number of anilines is 1. The molecule has 0 bridgehead atoms. The molecule has 1 aromatic rings. The third kappa shape index (κ3) is 4.55. The number of carboxylic acids is 1. The highest BCUT2D eigenvalue weighted by Gasteiger charge is 2.31. The minimum absolute atomic E-state index is 0.0197. The average Bonchev–Trinajstić information content (AvgIpc) is 2.52. The van der Waals surface area contributed by atoms with E-state index in [1.54, 1.807) is 23.1 Å². The quantitative estimate of drug-likeness (QED) is 0.903. The molecule has 7 nitrogen and oxygen atoms in total. The van der Waals surface area contributed by atoms with E-state index in [-0.39, 0.29) is 17.7 Å². The smallest absolute Gasteiger partial charge is 0.410 e. The molecule has 0 spiro atoms. The van der Waals surface area contributed by atoms with Gasteiger partial charge in [0.2, 0.25) is 0 Å². The standard InChI is InChI=1S/C18H26N2O5/c1-12-11-19(8-9-20(12)17(23)25-18(2,3)4)13-6-7-14(16(21)22)15(10-13)24-5/h6-7,10,12H,8-9,11H2,1-5H3,(H,21,22)/t12-/m1/s1. The van der Waals surface area contributed by atoms with Crippen LogP contribution >= 0.6 is 0 Å². The van der Waals surface area contributed by atoms with E-state index in [4.69, 9.17) is 9.47 Å². The molecule has 1 aliphatic rings. The van der Waals surface area contributed by atoms with Crippen LogP contribution in [0.15, 0.2) is 18.2 Å². The minimum Gasteiger partial charge on any atom is -0.496 e. The maximum Gasteiger partial charge on any atom is 0.410 e. The van der Waals surface area contributed by atoms with Crippen LogP contribution < -0.4 is 9.64 Å². The van der Waals surface area contributed by atoms with Gasteiger partial charge < -0.3 is 24.4 Å². The first-order valence-corrected chi connectivity index (χ1v) is 8.28. The van der Waals surface area contributed by atoms with E-state index in [2.05, 4.69) is 4.90 Å². The highest BCUT2D eigenvalue weighted by atomic mass is 16.6. The number of aromatic carboxylic acids is 1. The number of ether oxygens (including phenoxy) is 2. The molecule has 7 heteroatoms. The average molecular weight is 350 g/mol. The molecule has 1 amide bonds. The Bertz CT molecular complexity index is 653. The number of hydrogen-bond donors (Lipinski definition) is 1. The van der Waals surface area contributed by atoms with Crippen molar-refractivity contribution in [3.63, 3.8) is 0 Å². The summed E-state index contributed by atoms with van der Waals surface area (Å²) >= 11 is 0. The number of carboxylic acid groups (broad SMARTS) is 1. The van der Waals surface area contributed by atoms with Gasteiger partial charge in [0.25, 0.3) is 0 Å². The zero-order chi connectivity index (χ0) is 18.8. The molecule has 1 fully saturated rings. The molecule has 2 rings (SSSR count).